The molecule has 1 N–H and O–H groups in total. The van der Waals surface area contributed by atoms with Gasteiger partial charge in [0.15, 0.2) is 5.82 Å². The lowest BCUT2D eigenvalue weighted by molar-refractivity contribution is 0.194. The van der Waals surface area contributed by atoms with Crippen molar-refractivity contribution in [1.82, 2.24) is 15.5 Å². The van der Waals surface area contributed by atoms with Crippen LogP contribution in [0.3, 0.4) is 0 Å². The normalized spacial score (nSPS) is 24.6. The minimum absolute atomic E-state index is 0.473. The van der Waals surface area contributed by atoms with Crippen molar-refractivity contribution in [3.8, 4) is 0 Å². The fourth-order valence-electron chi connectivity index (χ4n) is 2.52. The summed E-state index contributed by atoms with van der Waals surface area (Å²) in [6, 6.07) is 0.593. The van der Waals surface area contributed by atoms with Crippen molar-refractivity contribution >= 4 is 0 Å². The average Bonchev–Trinajstić information content (AvgIpc) is 2.60. The molecule has 1 aliphatic rings. The number of aryl methyl sites for hydroxylation is 1. The Bertz CT molecular complexity index is 346. The van der Waals surface area contributed by atoms with Gasteiger partial charge in [-0.25, -0.2) is 0 Å². The molecule has 0 amide bonds. The second kappa shape index (κ2) is 4.53. The van der Waals surface area contributed by atoms with E-state index < -0.39 is 0 Å². The minimum Gasteiger partial charge on any atom is -0.338 e. The van der Waals surface area contributed by atoms with Crippen LogP contribution in [0.15, 0.2) is 4.52 Å². The maximum atomic E-state index is 5.08. The molecule has 16 heavy (non-hydrogen) atoms. The Hall–Kier alpha value is -0.900. The Labute approximate surface area is 96.8 Å². The summed E-state index contributed by atoms with van der Waals surface area (Å²) >= 11 is 0. The van der Waals surface area contributed by atoms with Crippen molar-refractivity contribution < 1.29 is 4.52 Å². The van der Waals surface area contributed by atoms with Gasteiger partial charge in [-0.05, 0) is 31.6 Å². The summed E-state index contributed by atoms with van der Waals surface area (Å²) in [4.78, 5) is 4.19. The number of nitrogens with one attached hydrogen (secondary N) is 1. The van der Waals surface area contributed by atoms with Gasteiger partial charge in [-0.15, -0.1) is 0 Å². The van der Waals surface area contributed by atoms with Crippen LogP contribution in [0, 0.1) is 12.3 Å². The van der Waals surface area contributed by atoms with Gasteiger partial charge in [0.1, 0.15) is 0 Å². The first kappa shape index (κ1) is 11.6. The van der Waals surface area contributed by atoms with Gasteiger partial charge < -0.3 is 9.84 Å². The lowest BCUT2D eigenvalue weighted by atomic mass is 9.75. The molecule has 1 atom stereocenters. The van der Waals surface area contributed by atoms with Crippen LogP contribution in [-0.2, 0) is 6.54 Å². The molecular formula is C12H21N3O. The van der Waals surface area contributed by atoms with E-state index in [1.165, 1.54) is 25.7 Å². The van der Waals surface area contributed by atoms with Gasteiger partial charge in [-0.3, -0.25) is 0 Å². The first-order chi connectivity index (χ1) is 7.55. The third-order valence-electron chi connectivity index (χ3n) is 3.32. The molecule has 0 radical (unpaired) electrons. The highest BCUT2D eigenvalue weighted by Crippen LogP contribution is 2.35. The average molecular weight is 223 g/mol. The second-order valence-electron chi connectivity index (χ2n) is 5.57. The van der Waals surface area contributed by atoms with Crippen LogP contribution < -0.4 is 5.32 Å². The van der Waals surface area contributed by atoms with E-state index in [-0.39, 0.29) is 0 Å². The highest BCUT2D eigenvalue weighted by molar-refractivity contribution is 4.86. The van der Waals surface area contributed by atoms with E-state index in [1.807, 2.05) is 6.92 Å². The highest BCUT2D eigenvalue weighted by Gasteiger charge is 2.27. The van der Waals surface area contributed by atoms with Crippen LogP contribution in [0.5, 0.6) is 0 Å². The van der Waals surface area contributed by atoms with Gasteiger partial charge in [-0.2, -0.15) is 4.98 Å². The van der Waals surface area contributed by atoms with E-state index in [0.29, 0.717) is 29.7 Å². The lowest BCUT2D eigenvalue weighted by Crippen LogP contribution is -2.36. The molecule has 0 aromatic carbocycles. The minimum atomic E-state index is 0.473. The summed E-state index contributed by atoms with van der Waals surface area (Å²) in [6.07, 6.45) is 5.15. The van der Waals surface area contributed by atoms with Crippen molar-refractivity contribution in [3.05, 3.63) is 11.7 Å². The molecule has 1 aromatic rings. The van der Waals surface area contributed by atoms with Crippen LogP contribution in [0.25, 0.3) is 0 Å². The highest BCUT2D eigenvalue weighted by atomic mass is 16.5. The zero-order valence-corrected chi connectivity index (χ0v) is 10.4. The van der Waals surface area contributed by atoms with Gasteiger partial charge in [0.05, 0.1) is 6.54 Å². The van der Waals surface area contributed by atoms with E-state index >= 15 is 0 Å². The van der Waals surface area contributed by atoms with E-state index in [4.69, 9.17) is 4.52 Å². The molecule has 4 nitrogen and oxygen atoms in total. The summed E-state index contributed by atoms with van der Waals surface area (Å²) in [5.74, 6) is 1.40. The van der Waals surface area contributed by atoms with Gasteiger partial charge in [-0.1, -0.05) is 25.4 Å². The molecule has 0 aliphatic heterocycles. The van der Waals surface area contributed by atoms with Crippen molar-refractivity contribution in [3.63, 3.8) is 0 Å². The molecule has 1 unspecified atom stereocenters. The van der Waals surface area contributed by atoms with Crippen molar-refractivity contribution in [2.75, 3.05) is 0 Å². The molecule has 1 aliphatic carbocycles. The largest absolute Gasteiger partial charge is 0.338 e. The van der Waals surface area contributed by atoms with Crippen LogP contribution >= 0.6 is 0 Å². The third-order valence-corrected chi connectivity index (χ3v) is 3.32. The molecule has 0 bridgehead atoms. The summed E-state index contributed by atoms with van der Waals surface area (Å²) in [6.45, 7) is 7.23. The predicted molar refractivity (Wildman–Crippen MR) is 61.9 cm³/mol. The smallest absolute Gasteiger partial charge is 0.240 e. The summed E-state index contributed by atoms with van der Waals surface area (Å²) in [7, 11) is 0. The van der Waals surface area contributed by atoms with E-state index in [0.717, 1.165) is 0 Å². The lowest BCUT2D eigenvalue weighted by Gasteiger charge is -2.35. The second-order valence-corrected chi connectivity index (χ2v) is 5.57. The van der Waals surface area contributed by atoms with Crippen LogP contribution in [0.4, 0.5) is 0 Å². The van der Waals surface area contributed by atoms with E-state index in [2.05, 4.69) is 29.3 Å². The van der Waals surface area contributed by atoms with Crippen LogP contribution in [0.2, 0.25) is 0 Å². The monoisotopic (exact) mass is 223 g/mol. The molecule has 0 saturated heterocycles. The maximum absolute atomic E-state index is 5.08. The Morgan fingerprint density at radius 2 is 2.31 bits per heavy atom. The maximum Gasteiger partial charge on any atom is 0.240 e. The number of hydrogen-bond acceptors (Lipinski definition) is 4. The topological polar surface area (TPSA) is 51.0 Å². The first-order valence-electron chi connectivity index (χ1n) is 6.08. The van der Waals surface area contributed by atoms with E-state index in [9.17, 15) is 0 Å². The predicted octanol–water partition coefficient (Wildman–Crippen LogP) is 2.44. The quantitative estimate of drug-likeness (QED) is 0.855. The van der Waals surface area contributed by atoms with Crippen molar-refractivity contribution in [1.29, 1.82) is 0 Å². The fourth-order valence-corrected chi connectivity index (χ4v) is 2.52. The number of rotatable bonds is 3. The summed E-state index contributed by atoms with van der Waals surface area (Å²) < 4.78 is 5.08. The number of nitrogens with zero attached hydrogens (tertiary/aromatic N) is 2. The molecule has 4 heteroatoms. The van der Waals surface area contributed by atoms with Gasteiger partial charge in [0, 0.05) is 6.04 Å². The van der Waals surface area contributed by atoms with Crippen LogP contribution in [0.1, 0.15) is 51.2 Å². The third kappa shape index (κ3) is 3.04. The molecule has 1 aromatic heterocycles. The molecule has 2 rings (SSSR count). The Balaban J connectivity index is 1.82. The van der Waals surface area contributed by atoms with Crippen LogP contribution in [-0.4, -0.2) is 16.2 Å². The molecule has 0 spiro atoms. The molecular weight excluding hydrogens is 202 g/mol. The van der Waals surface area contributed by atoms with Crippen molar-refractivity contribution in [2.24, 2.45) is 5.41 Å². The number of hydrogen-bond donors (Lipinski definition) is 1. The summed E-state index contributed by atoms with van der Waals surface area (Å²) in [5.41, 5.74) is 0.473. The SMILES string of the molecule is Cc1noc(CNC2CCCC(C)(C)C2)n1. The Kier molecular flexibility index (Phi) is 3.28. The molecule has 1 heterocycles. The van der Waals surface area contributed by atoms with E-state index in [1.54, 1.807) is 0 Å². The van der Waals surface area contributed by atoms with Gasteiger partial charge in [0.2, 0.25) is 5.89 Å². The molecule has 1 saturated carbocycles. The van der Waals surface area contributed by atoms with Gasteiger partial charge in [0.25, 0.3) is 0 Å². The molecule has 90 valence electrons. The first-order valence-corrected chi connectivity index (χ1v) is 6.08. The zero-order valence-electron chi connectivity index (χ0n) is 10.4. The summed E-state index contributed by atoms with van der Waals surface area (Å²) in [5, 5.41) is 7.29. The molecule has 1 fully saturated rings. The fraction of sp³-hybridized carbons (Fsp3) is 0.833. The number of aromatic nitrogens is 2. The Morgan fingerprint density at radius 3 is 2.94 bits per heavy atom. The Morgan fingerprint density at radius 1 is 1.50 bits per heavy atom. The standard InChI is InChI=1S/C12H21N3O/c1-9-14-11(16-15-9)8-13-10-5-4-6-12(2,3)7-10/h10,13H,4-8H2,1-3H3. The zero-order chi connectivity index (χ0) is 11.6. The van der Waals surface area contributed by atoms with Crippen molar-refractivity contribution in [2.45, 2.75) is 59.0 Å². The van der Waals surface area contributed by atoms with Gasteiger partial charge >= 0.3 is 0 Å².